The Bertz CT molecular complexity index is 1030. The van der Waals surface area contributed by atoms with Gasteiger partial charge in [-0.05, 0) is 31.2 Å². The molecule has 0 amide bonds. The van der Waals surface area contributed by atoms with E-state index in [1.165, 1.54) is 11.4 Å². The number of halogens is 9. The lowest BCUT2D eigenvalue weighted by molar-refractivity contribution is -0.664. The first-order valence-corrected chi connectivity index (χ1v) is 10.1. The van der Waals surface area contributed by atoms with Gasteiger partial charge in [0, 0.05) is 33.1 Å². The third-order valence-electron chi connectivity index (χ3n) is 4.13. The molecule has 1 heterocycles. The van der Waals surface area contributed by atoms with Crippen LogP contribution in [0.1, 0.15) is 18.1 Å². The van der Waals surface area contributed by atoms with Crippen molar-refractivity contribution in [2.75, 3.05) is 5.32 Å². The Kier molecular flexibility index (Phi) is 7.95. The number of thiazole rings is 1. The van der Waals surface area contributed by atoms with E-state index in [1.54, 1.807) is 23.6 Å². The van der Waals surface area contributed by atoms with Gasteiger partial charge in [0.2, 0.25) is 0 Å². The van der Waals surface area contributed by atoms with Crippen LogP contribution in [0.2, 0.25) is 10.0 Å². The minimum absolute atomic E-state index is 0. The van der Waals surface area contributed by atoms with E-state index in [4.69, 9.17) is 23.2 Å². The van der Waals surface area contributed by atoms with E-state index in [0.29, 0.717) is 39.5 Å². The van der Waals surface area contributed by atoms with Crippen LogP contribution in [0.25, 0.3) is 11.3 Å². The van der Waals surface area contributed by atoms with Gasteiger partial charge < -0.3 is 17.0 Å². The number of rotatable bonds is 4. The number of benzene rings is 2. The van der Waals surface area contributed by atoms with E-state index in [0.717, 1.165) is 11.3 Å². The SMILES string of the molecule is CC[n+]1c(-c2cc(C(F)(F)F)cc(C(F)(F)F)c2)csc1Nc1cc(Cl)cc(Cl)c1.[Br-]. The van der Waals surface area contributed by atoms with Crippen LogP contribution >= 0.6 is 34.5 Å². The first kappa shape index (κ1) is 25.8. The Morgan fingerprint density at radius 3 is 1.84 bits per heavy atom. The Hall–Kier alpha value is -1.49. The molecule has 3 rings (SSSR count). The molecule has 31 heavy (non-hydrogen) atoms. The van der Waals surface area contributed by atoms with E-state index in [2.05, 4.69) is 5.32 Å². The molecule has 0 aliphatic rings. The van der Waals surface area contributed by atoms with Gasteiger partial charge in [0.15, 0.2) is 0 Å². The molecule has 2 nitrogen and oxygen atoms in total. The van der Waals surface area contributed by atoms with Crippen molar-refractivity contribution in [2.24, 2.45) is 0 Å². The molecule has 0 radical (unpaired) electrons. The predicted octanol–water partition coefficient (Wildman–Crippen LogP) is 4.81. The van der Waals surface area contributed by atoms with Crippen LogP contribution in [-0.2, 0) is 18.9 Å². The molecule has 0 unspecified atom stereocenters. The summed E-state index contributed by atoms with van der Waals surface area (Å²) >= 11 is 13.1. The van der Waals surface area contributed by atoms with Gasteiger partial charge >= 0.3 is 17.5 Å². The second-order valence-corrected chi connectivity index (χ2v) is 7.98. The number of alkyl halides is 6. The Morgan fingerprint density at radius 2 is 1.39 bits per heavy atom. The maximum Gasteiger partial charge on any atom is 0.416 e. The number of nitrogens with zero attached hydrogens (tertiary/aromatic N) is 1. The van der Waals surface area contributed by atoms with Crippen molar-refractivity contribution >= 4 is 45.4 Å². The molecule has 1 aromatic heterocycles. The van der Waals surface area contributed by atoms with Crippen molar-refractivity contribution < 1.29 is 47.9 Å². The summed E-state index contributed by atoms with van der Waals surface area (Å²) in [5, 5.41) is 5.79. The molecule has 2 aromatic carbocycles. The summed E-state index contributed by atoms with van der Waals surface area (Å²) in [5.41, 5.74) is -2.17. The van der Waals surface area contributed by atoms with E-state index in [1.807, 2.05) is 0 Å². The second-order valence-electron chi connectivity index (χ2n) is 6.25. The smallest absolute Gasteiger partial charge is 0.416 e. The molecule has 0 aliphatic carbocycles. The summed E-state index contributed by atoms with van der Waals surface area (Å²) in [5.74, 6) is 0. The molecule has 168 valence electrons. The van der Waals surface area contributed by atoms with Gasteiger partial charge in [0.1, 0.15) is 11.4 Å². The van der Waals surface area contributed by atoms with Crippen LogP contribution in [0.4, 0.5) is 37.2 Å². The molecule has 0 saturated carbocycles. The Morgan fingerprint density at radius 1 is 0.871 bits per heavy atom. The van der Waals surface area contributed by atoms with Crippen LogP contribution in [-0.4, -0.2) is 0 Å². The highest BCUT2D eigenvalue weighted by atomic mass is 79.9. The lowest BCUT2D eigenvalue weighted by Gasteiger charge is -2.14. The van der Waals surface area contributed by atoms with Crippen LogP contribution in [0, 0.1) is 0 Å². The van der Waals surface area contributed by atoms with Crippen molar-refractivity contribution in [3.05, 3.63) is 63.0 Å². The first-order chi connectivity index (χ1) is 13.9. The fraction of sp³-hybridized carbons (Fsp3) is 0.211. The highest BCUT2D eigenvalue weighted by Crippen LogP contribution is 2.39. The maximum atomic E-state index is 13.2. The monoisotopic (exact) mass is 564 g/mol. The molecule has 12 heteroatoms. The quantitative estimate of drug-likeness (QED) is 0.354. The zero-order valence-electron chi connectivity index (χ0n) is 15.5. The molecule has 0 atom stereocenters. The molecular formula is C19H13BrCl2F6N2S. The number of hydrogen-bond acceptors (Lipinski definition) is 2. The molecule has 0 fully saturated rings. The molecule has 3 aromatic rings. The molecular weight excluding hydrogens is 553 g/mol. The Balaban J connectivity index is 0.00000341. The van der Waals surface area contributed by atoms with E-state index >= 15 is 0 Å². The van der Waals surface area contributed by atoms with E-state index < -0.39 is 23.5 Å². The van der Waals surface area contributed by atoms with Crippen molar-refractivity contribution in [3.8, 4) is 11.3 Å². The molecule has 0 spiro atoms. The van der Waals surface area contributed by atoms with Crippen LogP contribution < -0.4 is 26.9 Å². The summed E-state index contributed by atoms with van der Waals surface area (Å²) in [4.78, 5) is 0. The van der Waals surface area contributed by atoms with Crippen LogP contribution in [0.5, 0.6) is 0 Å². The zero-order valence-corrected chi connectivity index (χ0v) is 19.4. The second kappa shape index (κ2) is 9.56. The van der Waals surface area contributed by atoms with Gasteiger partial charge in [0.25, 0.3) is 0 Å². The van der Waals surface area contributed by atoms with Crippen LogP contribution in [0.3, 0.4) is 0 Å². The lowest BCUT2D eigenvalue weighted by Crippen LogP contribution is -3.00. The summed E-state index contributed by atoms with van der Waals surface area (Å²) in [6, 6.07) is 6.26. The van der Waals surface area contributed by atoms with Crippen molar-refractivity contribution in [3.63, 3.8) is 0 Å². The van der Waals surface area contributed by atoms with E-state index in [-0.39, 0.29) is 34.3 Å². The minimum Gasteiger partial charge on any atom is -1.00 e. The summed E-state index contributed by atoms with van der Waals surface area (Å²) in [6.07, 6.45) is -9.83. The van der Waals surface area contributed by atoms with Crippen molar-refractivity contribution in [1.29, 1.82) is 0 Å². The molecule has 0 aliphatic heterocycles. The normalized spacial score (nSPS) is 11.9. The predicted molar refractivity (Wildman–Crippen MR) is 105 cm³/mol. The van der Waals surface area contributed by atoms with E-state index in [9.17, 15) is 26.3 Å². The van der Waals surface area contributed by atoms with Gasteiger partial charge in [0.05, 0.1) is 17.7 Å². The van der Waals surface area contributed by atoms with Gasteiger partial charge in [-0.3, -0.25) is 0 Å². The standard InChI is InChI=1S/C19H12Cl2F6N2S.BrH/c1-2-29-16(9-30-17(29)28-15-7-13(20)6-14(21)8-15)10-3-11(18(22,23)24)5-12(4-10)19(25,26)27;/h3-9H,2H2,1H3;1H. The topological polar surface area (TPSA) is 15.9 Å². The highest BCUT2D eigenvalue weighted by Gasteiger charge is 2.37. The summed E-state index contributed by atoms with van der Waals surface area (Å²) < 4.78 is 80.7. The van der Waals surface area contributed by atoms with Crippen molar-refractivity contribution in [1.82, 2.24) is 0 Å². The molecule has 0 bridgehead atoms. The first-order valence-electron chi connectivity index (χ1n) is 8.43. The van der Waals surface area contributed by atoms with Gasteiger partial charge in [-0.25, -0.2) is 9.88 Å². The summed E-state index contributed by atoms with van der Waals surface area (Å²) in [6.45, 7) is 2.03. The third-order valence-corrected chi connectivity index (χ3v) is 5.45. The zero-order chi connectivity index (χ0) is 22.3. The average Bonchev–Trinajstić information content (AvgIpc) is 3.01. The van der Waals surface area contributed by atoms with Gasteiger partial charge in [-0.15, -0.1) is 0 Å². The highest BCUT2D eigenvalue weighted by molar-refractivity contribution is 7.13. The fourth-order valence-corrected chi connectivity index (χ4v) is 4.38. The minimum atomic E-state index is -4.91. The number of anilines is 2. The number of aromatic nitrogens is 1. The van der Waals surface area contributed by atoms with Crippen LogP contribution in [0.15, 0.2) is 41.8 Å². The molecule has 1 N–H and O–H groups in total. The average molecular weight is 566 g/mol. The van der Waals surface area contributed by atoms with Crippen molar-refractivity contribution in [2.45, 2.75) is 25.8 Å². The number of nitrogens with one attached hydrogen (secondary N) is 1. The van der Waals surface area contributed by atoms with Gasteiger partial charge in [-0.2, -0.15) is 26.3 Å². The summed E-state index contributed by atoms with van der Waals surface area (Å²) in [7, 11) is 0. The lowest BCUT2D eigenvalue weighted by atomic mass is 10.0. The third kappa shape index (κ3) is 6.06. The fourth-order valence-electron chi connectivity index (χ4n) is 2.84. The van der Waals surface area contributed by atoms with Gasteiger partial charge in [-0.1, -0.05) is 34.5 Å². The largest absolute Gasteiger partial charge is 1.00 e. The maximum absolute atomic E-state index is 13.2. The number of hydrogen-bond donors (Lipinski definition) is 1. The Labute approximate surface area is 198 Å². The molecule has 0 saturated heterocycles.